The molecule has 0 aromatic carbocycles. The minimum atomic E-state index is -4.42. The van der Waals surface area contributed by atoms with Crippen LogP contribution in [0.3, 0.4) is 0 Å². The van der Waals surface area contributed by atoms with E-state index in [1.807, 2.05) is 6.07 Å². The van der Waals surface area contributed by atoms with Crippen LogP contribution < -0.4 is 0 Å². The predicted molar refractivity (Wildman–Crippen MR) is 56.2 cm³/mol. The summed E-state index contributed by atoms with van der Waals surface area (Å²) in [6, 6.07) is 6.06. The topological polar surface area (TPSA) is 41.6 Å². The van der Waals surface area contributed by atoms with Crippen molar-refractivity contribution < 1.29 is 13.2 Å². The molecule has 0 aliphatic carbocycles. The molecule has 0 aliphatic rings. The van der Waals surface area contributed by atoms with Gasteiger partial charge in [-0.2, -0.15) is 23.5 Å². The lowest BCUT2D eigenvalue weighted by atomic mass is 10.3. The van der Waals surface area contributed by atoms with Crippen molar-refractivity contribution in [1.29, 1.82) is 5.26 Å². The molecule has 0 spiro atoms. The Morgan fingerprint density at radius 1 is 1.41 bits per heavy atom. The Morgan fingerprint density at radius 3 is 2.59 bits per heavy atom. The number of nitrogens with zero attached hydrogens (tertiary/aromatic N) is 3. The summed E-state index contributed by atoms with van der Waals surface area (Å²) in [6.07, 6.45) is -4.42. The van der Waals surface area contributed by atoms with E-state index in [1.165, 1.54) is 7.05 Å². The smallest absolute Gasteiger partial charge is 0.263 e. The Hall–Kier alpha value is -1.81. The zero-order valence-electron chi connectivity index (χ0n) is 8.62. The number of aryl methyl sites for hydroxylation is 1. The van der Waals surface area contributed by atoms with Crippen molar-refractivity contribution in [2.75, 3.05) is 0 Å². The molecule has 2 rings (SSSR count). The van der Waals surface area contributed by atoms with Crippen molar-refractivity contribution in [3.8, 4) is 16.6 Å². The van der Waals surface area contributed by atoms with Gasteiger partial charge in [0.1, 0.15) is 22.3 Å². The van der Waals surface area contributed by atoms with Gasteiger partial charge in [0.2, 0.25) is 0 Å². The van der Waals surface area contributed by atoms with E-state index < -0.39 is 11.9 Å². The number of rotatable bonds is 1. The molecule has 17 heavy (non-hydrogen) atoms. The van der Waals surface area contributed by atoms with E-state index in [0.717, 1.165) is 22.1 Å². The van der Waals surface area contributed by atoms with E-state index in [9.17, 15) is 13.2 Å². The van der Waals surface area contributed by atoms with Crippen molar-refractivity contribution in [3.63, 3.8) is 0 Å². The van der Waals surface area contributed by atoms with Gasteiger partial charge < -0.3 is 0 Å². The van der Waals surface area contributed by atoms with Crippen LogP contribution >= 0.6 is 11.3 Å². The minimum Gasteiger partial charge on any atom is -0.263 e. The Balaban J connectivity index is 2.45. The van der Waals surface area contributed by atoms with Gasteiger partial charge in [-0.3, -0.25) is 4.68 Å². The molecule has 0 unspecified atom stereocenters. The second-order valence-corrected chi connectivity index (χ2v) is 4.40. The number of hydrogen-bond acceptors (Lipinski definition) is 3. The molecule has 0 saturated carbocycles. The molecule has 88 valence electrons. The SMILES string of the molecule is Cn1nc(-c2ccc(C#N)s2)cc1C(F)(F)F. The van der Waals surface area contributed by atoms with Crippen molar-refractivity contribution in [3.05, 3.63) is 28.8 Å². The van der Waals surface area contributed by atoms with Crippen molar-refractivity contribution in [2.45, 2.75) is 6.18 Å². The minimum absolute atomic E-state index is 0.228. The zero-order valence-corrected chi connectivity index (χ0v) is 9.43. The summed E-state index contributed by atoms with van der Waals surface area (Å²) in [6.45, 7) is 0. The van der Waals surface area contributed by atoms with Gasteiger partial charge in [0, 0.05) is 7.05 Å². The number of hydrogen-bond donors (Lipinski definition) is 0. The van der Waals surface area contributed by atoms with E-state index >= 15 is 0 Å². The van der Waals surface area contributed by atoms with Crippen molar-refractivity contribution in [1.82, 2.24) is 9.78 Å². The quantitative estimate of drug-likeness (QED) is 0.788. The second-order valence-electron chi connectivity index (χ2n) is 3.31. The summed E-state index contributed by atoms with van der Waals surface area (Å²) in [5.41, 5.74) is -0.578. The van der Waals surface area contributed by atoms with Crippen LogP contribution in [-0.4, -0.2) is 9.78 Å². The van der Waals surface area contributed by atoms with Crippen molar-refractivity contribution in [2.24, 2.45) is 7.05 Å². The molecular weight excluding hydrogens is 251 g/mol. The normalized spacial score (nSPS) is 11.5. The van der Waals surface area contributed by atoms with Gasteiger partial charge in [-0.15, -0.1) is 11.3 Å². The first-order chi connectivity index (χ1) is 7.91. The van der Waals surface area contributed by atoms with Crippen LogP contribution in [0, 0.1) is 11.3 Å². The molecule has 0 amide bonds. The standard InChI is InChI=1S/C10H6F3N3S/c1-16-9(10(11,12)13)4-7(15-16)8-3-2-6(5-14)17-8/h2-4H,1H3. The maximum atomic E-state index is 12.5. The van der Waals surface area contributed by atoms with Gasteiger partial charge in [0.25, 0.3) is 0 Å². The summed E-state index contributed by atoms with van der Waals surface area (Å²) in [5, 5.41) is 12.4. The molecule has 0 bridgehead atoms. The molecule has 7 heteroatoms. The zero-order chi connectivity index (χ0) is 12.6. The maximum Gasteiger partial charge on any atom is 0.433 e. The van der Waals surface area contributed by atoms with Crippen LogP contribution in [0.4, 0.5) is 13.2 Å². The Morgan fingerprint density at radius 2 is 2.12 bits per heavy atom. The van der Waals surface area contributed by atoms with Crippen LogP contribution in [-0.2, 0) is 13.2 Å². The Kier molecular flexibility index (Phi) is 2.67. The molecular formula is C10H6F3N3S. The molecule has 0 atom stereocenters. The molecule has 0 radical (unpaired) electrons. The van der Waals surface area contributed by atoms with Crippen LogP contribution in [0.2, 0.25) is 0 Å². The highest BCUT2D eigenvalue weighted by molar-refractivity contribution is 7.15. The average molecular weight is 257 g/mol. The third kappa shape index (κ3) is 2.17. The molecule has 2 aromatic heterocycles. The van der Waals surface area contributed by atoms with Gasteiger partial charge in [0.05, 0.1) is 4.88 Å². The van der Waals surface area contributed by atoms with E-state index in [4.69, 9.17) is 5.26 Å². The average Bonchev–Trinajstić information content (AvgIpc) is 2.81. The number of nitriles is 1. The summed E-state index contributed by atoms with van der Waals surface area (Å²) < 4.78 is 38.4. The van der Waals surface area contributed by atoms with Gasteiger partial charge in [0.15, 0.2) is 0 Å². The molecule has 0 N–H and O–H groups in total. The van der Waals surface area contributed by atoms with Crippen LogP contribution in [0.15, 0.2) is 18.2 Å². The lowest BCUT2D eigenvalue weighted by Crippen LogP contribution is -2.11. The molecule has 2 heterocycles. The molecule has 0 saturated heterocycles. The predicted octanol–water partition coefficient (Wildman–Crippen LogP) is 3.04. The number of aromatic nitrogens is 2. The molecule has 0 fully saturated rings. The second kappa shape index (κ2) is 3.89. The first-order valence-electron chi connectivity index (χ1n) is 4.53. The third-order valence-corrected chi connectivity index (χ3v) is 3.15. The molecule has 2 aromatic rings. The fraction of sp³-hybridized carbons (Fsp3) is 0.200. The first-order valence-corrected chi connectivity index (χ1v) is 5.35. The summed E-state index contributed by atoms with van der Waals surface area (Å²) >= 11 is 1.11. The summed E-state index contributed by atoms with van der Waals surface area (Å²) in [4.78, 5) is 0.992. The summed E-state index contributed by atoms with van der Waals surface area (Å²) in [5.74, 6) is 0. The highest BCUT2D eigenvalue weighted by Crippen LogP contribution is 2.33. The highest BCUT2D eigenvalue weighted by Gasteiger charge is 2.35. The van der Waals surface area contributed by atoms with E-state index in [2.05, 4.69) is 5.10 Å². The Labute approximate surface area is 98.7 Å². The van der Waals surface area contributed by atoms with Crippen LogP contribution in [0.1, 0.15) is 10.6 Å². The largest absolute Gasteiger partial charge is 0.433 e. The third-order valence-electron chi connectivity index (χ3n) is 2.14. The number of halogens is 3. The Bertz CT molecular complexity index is 589. The van der Waals surface area contributed by atoms with Crippen molar-refractivity contribution >= 4 is 11.3 Å². The van der Waals surface area contributed by atoms with Gasteiger partial charge >= 0.3 is 6.18 Å². The van der Waals surface area contributed by atoms with E-state index in [0.29, 0.717) is 9.75 Å². The van der Waals surface area contributed by atoms with E-state index in [-0.39, 0.29) is 5.69 Å². The van der Waals surface area contributed by atoms with Gasteiger partial charge in [-0.25, -0.2) is 0 Å². The van der Waals surface area contributed by atoms with Crippen LogP contribution in [0.5, 0.6) is 0 Å². The maximum absolute atomic E-state index is 12.5. The first kappa shape index (κ1) is 11.7. The molecule has 0 aliphatic heterocycles. The van der Waals surface area contributed by atoms with Crippen LogP contribution in [0.25, 0.3) is 10.6 Å². The monoisotopic (exact) mass is 257 g/mol. The number of alkyl halides is 3. The van der Waals surface area contributed by atoms with E-state index in [1.54, 1.807) is 12.1 Å². The lowest BCUT2D eigenvalue weighted by molar-refractivity contribution is -0.143. The molecule has 3 nitrogen and oxygen atoms in total. The highest BCUT2D eigenvalue weighted by atomic mass is 32.1. The fourth-order valence-corrected chi connectivity index (χ4v) is 2.15. The van der Waals surface area contributed by atoms with Gasteiger partial charge in [-0.05, 0) is 18.2 Å². The lowest BCUT2D eigenvalue weighted by Gasteiger charge is -2.04. The number of thiophene rings is 1. The summed E-state index contributed by atoms with van der Waals surface area (Å²) in [7, 11) is 1.24. The van der Waals surface area contributed by atoms with Gasteiger partial charge in [-0.1, -0.05) is 0 Å². The fourth-order valence-electron chi connectivity index (χ4n) is 1.39.